The number of hydrogen-bond acceptors (Lipinski definition) is 3. The molecule has 0 fully saturated rings. The molecule has 0 bridgehead atoms. The van der Waals surface area contributed by atoms with Crippen molar-refractivity contribution in [2.45, 2.75) is 17.1 Å². The van der Waals surface area contributed by atoms with Crippen molar-refractivity contribution in [1.82, 2.24) is 0 Å². The molecule has 3 nitrogen and oxygen atoms in total. The lowest BCUT2D eigenvalue weighted by atomic mass is 10.1. The highest BCUT2D eigenvalue weighted by molar-refractivity contribution is 8.00. The molecule has 3 rings (SSSR count). The van der Waals surface area contributed by atoms with Crippen LogP contribution in [0.3, 0.4) is 0 Å². The molecule has 0 heterocycles. The maximum atomic E-state index is 14.2. The minimum absolute atomic E-state index is 0.0696. The molecular formula is C22H19F2NO2S. The number of anilines is 1. The van der Waals surface area contributed by atoms with Gasteiger partial charge in [0.25, 0.3) is 0 Å². The fraction of sp³-hybridized carbons (Fsp3) is 0.136. The van der Waals surface area contributed by atoms with Crippen molar-refractivity contribution in [3.05, 3.63) is 89.5 Å². The molecule has 28 heavy (non-hydrogen) atoms. The molecular weight excluding hydrogens is 380 g/mol. The fourth-order valence-corrected chi connectivity index (χ4v) is 3.79. The Hall–Kier alpha value is -2.86. The van der Waals surface area contributed by atoms with Crippen LogP contribution in [0.25, 0.3) is 0 Å². The van der Waals surface area contributed by atoms with Crippen LogP contribution in [0, 0.1) is 18.6 Å². The number of carbonyl (C=O) groups is 1. The molecule has 6 heteroatoms. The van der Waals surface area contributed by atoms with Gasteiger partial charge in [0.1, 0.15) is 22.6 Å². The quantitative estimate of drug-likeness (QED) is 0.536. The summed E-state index contributed by atoms with van der Waals surface area (Å²) in [5.74, 6) is -0.971. The lowest BCUT2D eigenvalue weighted by molar-refractivity contribution is -0.115. The lowest BCUT2D eigenvalue weighted by Gasteiger charge is -2.19. The molecule has 0 spiro atoms. The number of halogens is 2. The van der Waals surface area contributed by atoms with E-state index in [0.29, 0.717) is 17.0 Å². The largest absolute Gasteiger partial charge is 0.495 e. The van der Waals surface area contributed by atoms with Crippen molar-refractivity contribution < 1.29 is 18.3 Å². The zero-order valence-corrected chi connectivity index (χ0v) is 16.2. The second-order valence-corrected chi connectivity index (χ2v) is 7.32. The van der Waals surface area contributed by atoms with Gasteiger partial charge in [0.2, 0.25) is 5.91 Å². The SMILES string of the molecule is COc1ccc(C)cc1NC(=O)[C@@H](Sc1cc(F)ccc1F)c1ccccc1. The number of hydrogen-bond donors (Lipinski definition) is 1. The number of methoxy groups -OCH3 is 1. The third-order valence-electron chi connectivity index (χ3n) is 4.09. The number of amides is 1. The Bertz CT molecular complexity index is 980. The molecule has 0 radical (unpaired) electrons. The van der Waals surface area contributed by atoms with E-state index in [2.05, 4.69) is 5.32 Å². The van der Waals surface area contributed by atoms with Crippen LogP contribution in [-0.4, -0.2) is 13.0 Å². The van der Waals surface area contributed by atoms with Crippen LogP contribution in [0.5, 0.6) is 5.75 Å². The van der Waals surface area contributed by atoms with Gasteiger partial charge in [-0.15, -0.1) is 11.8 Å². The summed E-state index contributed by atoms with van der Waals surface area (Å²) >= 11 is 0.960. The third kappa shape index (κ3) is 4.70. The van der Waals surface area contributed by atoms with Gasteiger partial charge in [-0.25, -0.2) is 8.78 Å². The Balaban J connectivity index is 1.94. The van der Waals surface area contributed by atoms with Gasteiger partial charge in [-0.3, -0.25) is 4.79 Å². The molecule has 3 aromatic carbocycles. The Morgan fingerprint density at radius 2 is 1.79 bits per heavy atom. The summed E-state index contributed by atoms with van der Waals surface area (Å²) in [5, 5.41) is 2.08. The first kappa shape index (κ1) is 19.9. The zero-order chi connectivity index (χ0) is 20.1. The normalized spacial score (nSPS) is 11.7. The summed E-state index contributed by atoms with van der Waals surface area (Å²) in [4.78, 5) is 13.2. The van der Waals surface area contributed by atoms with Crippen LogP contribution in [0.2, 0.25) is 0 Å². The molecule has 1 amide bonds. The monoisotopic (exact) mass is 399 g/mol. The summed E-state index contributed by atoms with van der Waals surface area (Å²) in [6.45, 7) is 1.90. The first-order chi connectivity index (χ1) is 13.5. The maximum Gasteiger partial charge on any atom is 0.242 e. The smallest absolute Gasteiger partial charge is 0.242 e. The molecule has 0 aliphatic carbocycles. The highest BCUT2D eigenvalue weighted by atomic mass is 32.2. The first-order valence-electron chi connectivity index (χ1n) is 8.60. The number of rotatable bonds is 6. The molecule has 1 N–H and O–H groups in total. The van der Waals surface area contributed by atoms with Crippen molar-refractivity contribution in [1.29, 1.82) is 0 Å². The number of benzene rings is 3. The predicted octanol–water partition coefficient (Wildman–Crippen LogP) is 5.75. The van der Waals surface area contributed by atoms with E-state index in [0.717, 1.165) is 35.5 Å². The second-order valence-electron chi connectivity index (χ2n) is 6.18. The van der Waals surface area contributed by atoms with Crippen LogP contribution >= 0.6 is 11.8 Å². The molecule has 0 unspecified atom stereocenters. The first-order valence-corrected chi connectivity index (χ1v) is 9.48. The van der Waals surface area contributed by atoms with E-state index in [1.54, 1.807) is 36.4 Å². The second kappa shape index (κ2) is 8.89. The van der Waals surface area contributed by atoms with Gasteiger partial charge in [-0.1, -0.05) is 36.4 Å². The Morgan fingerprint density at radius 1 is 1.04 bits per heavy atom. The Kier molecular flexibility index (Phi) is 6.31. The molecule has 0 aliphatic heterocycles. The number of aryl methyl sites for hydroxylation is 1. The Morgan fingerprint density at radius 3 is 2.50 bits per heavy atom. The van der Waals surface area contributed by atoms with Gasteiger partial charge in [0, 0.05) is 4.90 Å². The Labute approximate surface area is 166 Å². The summed E-state index contributed by atoms with van der Waals surface area (Å²) in [6.07, 6.45) is 0. The van der Waals surface area contributed by atoms with Crippen LogP contribution in [0.1, 0.15) is 16.4 Å². The van der Waals surface area contributed by atoms with Crippen molar-refractivity contribution in [2.24, 2.45) is 0 Å². The average molecular weight is 399 g/mol. The van der Waals surface area contributed by atoms with E-state index in [1.165, 1.54) is 7.11 Å². The molecule has 0 saturated heterocycles. The van der Waals surface area contributed by atoms with Crippen molar-refractivity contribution in [3.63, 3.8) is 0 Å². The van der Waals surface area contributed by atoms with E-state index < -0.39 is 16.9 Å². The summed E-state index contributed by atoms with van der Waals surface area (Å²) in [5.41, 5.74) is 2.16. The number of carbonyl (C=O) groups excluding carboxylic acids is 1. The van der Waals surface area contributed by atoms with Crippen LogP contribution < -0.4 is 10.1 Å². The van der Waals surface area contributed by atoms with E-state index in [9.17, 15) is 13.6 Å². The summed E-state index contributed by atoms with van der Waals surface area (Å²) in [6, 6.07) is 17.6. The van der Waals surface area contributed by atoms with Gasteiger partial charge >= 0.3 is 0 Å². The summed E-state index contributed by atoms with van der Waals surface area (Å²) < 4.78 is 33.1. The van der Waals surface area contributed by atoms with E-state index in [-0.39, 0.29) is 10.8 Å². The molecule has 0 saturated carbocycles. The highest BCUT2D eigenvalue weighted by Gasteiger charge is 2.24. The average Bonchev–Trinajstić information content (AvgIpc) is 2.69. The fourth-order valence-electron chi connectivity index (χ4n) is 2.71. The third-order valence-corrected chi connectivity index (χ3v) is 5.38. The maximum absolute atomic E-state index is 14.2. The van der Waals surface area contributed by atoms with Gasteiger partial charge < -0.3 is 10.1 Å². The van der Waals surface area contributed by atoms with Gasteiger partial charge in [-0.05, 0) is 48.4 Å². The van der Waals surface area contributed by atoms with Crippen molar-refractivity contribution >= 4 is 23.4 Å². The summed E-state index contributed by atoms with van der Waals surface area (Å²) in [7, 11) is 1.52. The van der Waals surface area contributed by atoms with Crippen LogP contribution in [0.4, 0.5) is 14.5 Å². The zero-order valence-electron chi connectivity index (χ0n) is 15.4. The van der Waals surface area contributed by atoms with E-state index in [1.807, 2.05) is 19.1 Å². The van der Waals surface area contributed by atoms with E-state index in [4.69, 9.17) is 4.74 Å². The molecule has 1 atom stereocenters. The molecule has 3 aromatic rings. The van der Waals surface area contributed by atoms with Gasteiger partial charge in [-0.2, -0.15) is 0 Å². The molecule has 0 aliphatic rings. The minimum atomic E-state index is -0.775. The van der Waals surface area contributed by atoms with Crippen molar-refractivity contribution in [2.75, 3.05) is 12.4 Å². The van der Waals surface area contributed by atoms with Crippen molar-refractivity contribution in [3.8, 4) is 5.75 Å². The standard InChI is InChI=1S/C22H19F2NO2S/c1-14-8-11-19(27-2)18(12-14)25-22(26)21(15-6-4-3-5-7-15)28-20-13-16(23)9-10-17(20)24/h3-13,21H,1-2H3,(H,25,26)/t21-/m0/s1. The van der Waals surface area contributed by atoms with Crippen LogP contribution in [0.15, 0.2) is 71.6 Å². The van der Waals surface area contributed by atoms with Crippen LogP contribution in [-0.2, 0) is 4.79 Å². The highest BCUT2D eigenvalue weighted by Crippen LogP contribution is 2.38. The minimum Gasteiger partial charge on any atom is -0.495 e. The number of ether oxygens (including phenoxy) is 1. The topological polar surface area (TPSA) is 38.3 Å². The number of nitrogens with one attached hydrogen (secondary N) is 1. The van der Waals surface area contributed by atoms with Gasteiger partial charge in [0.05, 0.1) is 12.8 Å². The number of thioether (sulfide) groups is 1. The predicted molar refractivity (Wildman–Crippen MR) is 108 cm³/mol. The lowest BCUT2D eigenvalue weighted by Crippen LogP contribution is -2.19. The van der Waals surface area contributed by atoms with Gasteiger partial charge in [0.15, 0.2) is 0 Å². The molecule has 144 valence electrons. The molecule has 0 aromatic heterocycles. The van der Waals surface area contributed by atoms with E-state index >= 15 is 0 Å².